The summed E-state index contributed by atoms with van der Waals surface area (Å²) in [4.78, 5) is 24.2. The van der Waals surface area contributed by atoms with Crippen LogP contribution in [-0.2, 0) is 11.8 Å². The van der Waals surface area contributed by atoms with E-state index in [2.05, 4.69) is 25.4 Å². The molecule has 0 aliphatic heterocycles. The number of hydrogen-bond acceptors (Lipinski definition) is 5. The summed E-state index contributed by atoms with van der Waals surface area (Å²) in [5.74, 6) is 0.331. The van der Waals surface area contributed by atoms with E-state index < -0.39 is 0 Å². The molecule has 0 aliphatic rings. The number of nitrogens with zero attached hydrogens (tertiary/aromatic N) is 5. The second kappa shape index (κ2) is 6.77. The number of hydrogen-bond donors (Lipinski definition) is 1. The molecule has 4 aromatic rings. The van der Waals surface area contributed by atoms with Crippen LogP contribution in [0.3, 0.4) is 0 Å². The van der Waals surface area contributed by atoms with Crippen molar-refractivity contribution in [2.45, 2.75) is 6.92 Å². The van der Waals surface area contributed by atoms with E-state index in [1.165, 1.54) is 6.92 Å². The third-order valence-electron chi connectivity index (χ3n) is 3.98. The molecule has 0 bridgehead atoms. The predicted octanol–water partition coefficient (Wildman–Crippen LogP) is 3.70. The largest absolute Gasteiger partial charge is 0.311 e. The summed E-state index contributed by atoms with van der Waals surface area (Å²) in [6.07, 6.45) is 5.39. The lowest BCUT2D eigenvalue weighted by atomic mass is 10.0. The Kier molecular flexibility index (Phi) is 4.29. The maximum Gasteiger partial charge on any atom is 0.222 e. The van der Waals surface area contributed by atoms with Crippen LogP contribution in [0.5, 0.6) is 0 Å². The Labute approximate surface area is 160 Å². The second-order valence-electron chi connectivity index (χ2n) is 6.07. The number of carbonyl (C=O) groups is 1. The molecular formula is C19H15ClN6O. The van der Waals surface area contributed by atoms with Gasteiger partial charge in [-0.2, -0.15) is 5.10 Å². The smallest absolute Gasteiger partial charge is 0.222 e. The fourth-order valence-corrected chi connectivity index (χ4v) is 2.98. The average Bonchev–Trinajstić information content (AvgIpc) is 3.03. The van der Waals surface area contributed by atoms with Crippen LogP contribution >= 0.6 is 11.6 Å². The standard InChI is InChI=1S/C19H15ClN6O/c1-11(27)23-18-6-3-12(8-22-18)19-14(10-26(2)25-19)13-7-16-15(21-9-13)4-5-17(20)24-16/h3-10H,1-2H3,(H,22,23,27). The Hall–Kier alpha value is -3.32. The number of halogens is 1. The molecule has 0 radical (unpaired) electrons. The summed E-state index contributed by atoms with van der Waals surface area (Å²) in [6.45, 7) is 1.44. The van der Waals surface area contributed by atoms with Gasteiger partial charge in [-0.05, 0) is 30.3 Å². The molecule has 4 rings (SSSR count). The first kappa shape index (κ1) is 17.1. The summed E-state index contributed by atoms with van der Waals surface area (Å²) < 4.78 is 1.74. The molecule has 1 N–H and O–H groups in total. The number of carbonyl (C=O) groups excluding carboxylic acids is 1. The first-order valence-electron chi connectivity index (χ1n) is 8.20. The van der Waals surface area contributed by atoms with Crippen molar-refractivity contribution in [2.75, 3.05) is 5.32 Å². The van der Waals surface area contributed by atoms with E-state index in [0.717, 1.165) is 27.9 Å². The molecule has 0 unspecified atom stereocenters. The monoisotopic (exact) mass is 378 g/mol. The summed E-state index contributed by atoms with van der Waals surface area (Å²) >= 11 is 6.01. The molecule has 0 saturated carbocycles. The van der Waals surface area contributed by atoms with E-state index in [4.69, 9.17) is 11.6 Å². The quantitative estimate of drug-likeness (QED) is 0.549. The highest BCUT2D eigenvalue weighted by Gasteiger charge is 2.14. The highest BCUT2D eigenvalue weighted by atomic mass is 35.5. The van der Waals surface area contributed by atoms with E-state index in [9.17, 15) is 4.79 Å². The van der Waals surface area contributed by atoms with Gasteiger partial charge in [0.25, 0.3) is 0 Å². The lowest BCUT2D eigenvalue weighted by Crippen LogP contribution is -2.07. The Bertz CT molecular complexity index is 1150. The molecule has 0 aromatic carbocycles. The molecular weight excluding hydrogens is 364 g/mol. The van der Waals surface area contributed by atoms with Crippen molar-refractivity contribution in [3.8, 4) is 22.4 Å². The molecule has 134 valence electrons. The average molecular weight is 379 g/mol. The van der Waals surface area contributed by atoms with Gasteiger partial charge >= 0.3 is 0 Å². The third kappa shape index (κ3) is 3.50. The topological polar surface area (TPSA) is 85.6 Å². The van der Waals surface area contributed by atoms with Gasteiger partial charge in [0, 0.05) is 49.3 Å². The number of fused-ring (bicyclic) bond motifs is 1. The minimum atomic E-state index is -0.165. The molecule has 0 atom stereocenters. The fourth-order valence-electron chi connectivity index (χ4n) is 2.83. The fraction of sp³-hybridized carbons (Fsp3) is 0.105. The summed E-state index contributed by atoms with van der Waals surface area (Å²) in [5, 5.41) is 7.64. The van der Waals surface area contributed by atoms with Crippen molar-refractivity contribution in [1.29, 1.82) is 0 Å². The van der Waals surface area contributed by atoms with Crippen LogP contribution in [0.2, 0.25) is 5.15 Å². The Morgan fingerprint density at radius 2 is 1.89 bits per heavy atom. The van der Waals surface area contributed by atoms with Crippen LogP contribution in [0, 0.1) is 0 Å². The summed E-state index contributed by atoms with van der Waals surface area (Å²) in [5.41, 5.74) is 4.87. The zero-order valence-electron chi connectivity index (χ0n) is 14.6. The van der Waals surface area contributed by atoms with Gasteiger partial charge < -0.3 is 5.32 Å². The van der Waals surface area contributed by atoms with E-state index in [0.29, 0.717) is 16.5 Å². The first-order valence-corrected chi connectivity index (χ1v) is 8.58. The van der Waals surface area contributed by atoms with Crippen molar-refractivity contribution in [3.63, 3.8) is 0 Å². The zero-order valence-corrected chi connectivity index (χ0v) is 15.4. The summed E-state index contributed by atoms with van der Waals surface area (Å²) in [6, 6.07) is 9.11. The van der Waals surface area contributed by atoms with Gasteiger partial charge in [0.1, 0.15) is 16.7 Å². The number of anilines is 1. The highest BCUT2D eigenvalue weighted by Crippen LogP contribution is 2.31. The number of amides is 1. The van der Waals surface area contributed by atoms with Crippen LogP contribution in [0.1, 0.15) is 6.92 Å². The van der Waals surface area contributed by atoms with Gasteiger partial charge in [-0.1, -0.05) is 11.6 Å². The van der Waals surface area contributed by atoms with Crippen LogP contribution in [0.15, 0.2) is 48.9 Å². The van der Waals surface area contributed by atoms with E-state index in [1.807, 2.05) is 31.4 Å². The SMILES string of the molecule is CC(=O)Nc1ccc(-c2nn(C)cc2-c2cnc3ccc(Cl)nc3c2)cn1. The number of rotatable bonds is 3. The Balaban J connectivity index is 1.78. The normalized spacial score (nSPS) is 10.9. The van der Waals surface area contributed by atoms with Crippen molar-refractivity contribution >= 4 is 34.4 Å². The van der Waals surface area contributed by atoms with E-state index in [1.54, 1.807) is 29.2 Å². The Morgan fingerprint density at radius 3 is 2.63 bits per heavy atom. The van der Waals surface area contributed by atoms with Crippen molar-refractivity contribution in [2.24, 2.45) is 7.05 Å². The minimum absolute atomic E-state index is 0.165. The van der Waals surface area contributed by atoms with Crippen LogP contribution in [0.4, 0.5) is 5.82 Å². The number of aromatic nitrogens is 5. The minimum Gasteiger partial charge on any atom is -0.311 e. The van der Waals surface area contributed by atoms with E-state index in [-0.39, 0.29) is 5.91 Å². The van der Waals surface area contributed by atoms with Crippen LogP contribution in [0.25, 0.3) is 33.4 Å². The van der Waals surface area contributed by atoms with Crippen molar-refractivity contribution < 1.29 is 4.79 Å². The third-order valence-corrected chi connectivity index (χ3v) is 4.19. The van der Waals surface area contributed by atoms with Gasteiger partial charge in [0.05, 0.1) is 11.0 Å². The molecule has 7 nitrogen and oxygen atoms in total. The number of pyridine rings is 3. The van der Waals surface area contributed by atoms with Crippen LogP contribution in [-0.4, -0.2) is 30.6 Å². The molecule has 0 aliphatic carbocycles. The second-order valence-corrected chi connectivity index (χ2v) is 6.46. The zero-order chi connectivity index (χ0) is 19.0. The molecule has 0 spiro atoms. The molecule has 4 heterocycles. The molecule has 8 heteroatoms. The molecule has 4 aromatic heterocycles. The van der Waals surface area contributed by atoms with Gasteiger partial charge in [-0.25, -0.2) is 9.97 Å². The maximum atomic E-state index is 11.2. The first-order chi connectivity index (χ1) is 13.0. The highest BCUT2D eigenvalue weighted by molar-refractivity contribution is 6.29. The van der Waals surface area contributed by atoms with E-state index >= 15 is 0 Å². The van der Waals surface area contributed by atoms with Crippen molar-refractivity contribution in [3.05, 3.63) is 54.1 Å². The van der Waals surface area contributed by atoms with Gasteiger partial charge in [-0.3, -0.25) is 14.5 Å². The number of aryl methyl sites for hydroxylation is 1. The van der Waals surface area contributed by atoms with Crippen molar-refractivity contribution in [1.82, 2.24) is 24.7 Å². The summed E-state index contributed by atoms with van der Waals surface area (Å²) in [7, 11) is 1.86. The van der Waals surface area contributed by atoms with Crippen LogP contribution < -0.4 is 5.32 Å². The molecule has 1 amide bonds. The van der Waals surface area contributed by atoms with Gasteiger partial charge in [0.15, 0.2) is 0 Å². The lowest BCUT2D eigenvalue weighted by Gasteiger charge is -2.05. The maximum absolute atomic E-state index is 11.2. The van der Waals surface area contributed by atoms with Gasteiger partial charge in [0.2, 0.25) is 5.91 Å². The lowest BCUT2D eigenvalue weighted by molar-refractivity contribution is -0.114. The predicted molar refractivity (Wildman–Crippen MR) is 104 cm³/mol. The molecule has 0 fully saturated rings. The molecule has 0 saturated heterocycles. The van der Waals surface area contributed by atoms with Gasteiger partial charge in [-0.15, -0.1) is 0 Å². The Morgan fingerprint density at radius 1 is 1.07 bits per heavy atom. The number of nitrogens with one attached hydrogen (secondary N) is 1. The molecule has 27 heavy (non-hydrogen) atoms.